The quantitative estimate of drug-likeness (QED) is 0.234. The van der Waals surface area contributed by atoms with Gasteiger partial charge in [-0.15, -0.1) is 0 Å². The molecule has 0 saturated heterocycles. The van der Waals surface area contributed by atoms with Crippen LogP contribution in [0.5, 0.6) is 0 Å². The summed E-state index contributed by atoms with van der Waals surface area (Å²) in [6, 6.07) is -0.312. The Morgan fingerprint density at radius 3 is 2.53 bits per heavy atom. The molecule has 0 bridgehead atoms. The van der Waals surface area contributed by atoms with Crippen molar-refractivity contribution in [1.82, 2.24) is 10.6 Å². The van der Waals surface area contributed by atoms with Crippen molar-refractivity contribution in [2.75, 3.05) is 6.54 Å². The van der Waals surface area contributed by atoms with Crippen LogP contribution in [0.4, 0.5) is 4.79 Å². The van der Waals surface area contributed by atoms with Gasteiger partial charge in [-0.05, 0) is 19.8 Å². The van der Waals surface area contributed by atoms with E-state index in [-0.39, 0.29) is 11.9 Å². The predicted molar refractivity (Wildman–Crippen MR) is 58.9 cm³/mol. The van der Waals surface area contributed by atoms with Crippen LogP contribution in [0.3, 0.4) is 0 Å². The summed E-state index contributed by atoms with van der Waals surface area (Å²) >= 11 is 0. The van der Waals surface area contributed by atoms with E-state index in [9.17, 15) is 4.79 Å². The first-order valence-corrected chi connectivity index (χ1v) is 5.04. The van der Waals surface area contributed by atoms with Gasteiger partial charge >= 0.3 is 6.03 Å². The number of hydrogen-bond donors (Lipinski definition) is 4. The molecule has 5 N–H and O–H groups in total. The second-order valence-electron chi connectivity index (χ2n) is 3.55. The highest BCUT2D eigenvalue weighted by atomic mass is 16.4. The highest BCUT2D eigenvalue weighted by Crippen LogP contribution is 2.08. The highest BCUT2D eigenvalue weighted by molar-refractivity contribution is 5.93. The maximum absolute atomic E-state index is 11.4. The van der Waals surface area contributed by atoms with Crippen LogP contribution in [-0.2, 0) is 0 Å². The Kier molecular flexibility index (Phi) is 5.51. The zero-order valence-corrected chi connectivity index (χ0v) is 9.50. The van der Waals surface area contributed by atoms with E-state index in [1.807, 2.05) is 13.8 Å². The van der Waals surface area contributed by atoms with Crippen LogP contribution in [0.2, 0.25) is 0 Å². The van der Waals surface area contributed by atoms with Gasteiger partial charge in [0, 0.05) is 6.54 Å². The number of urea groups is 1. The van der Waals surface area contributed by atoms with Gasteiger partial charge in [-0.1, -0.05) is 19.0 Å². The van der Waals surface area contributed by atoms with Gasteiger partial charge in [0.1, 0.15) is 0 Å². The Labute approximate surface area is 89.9 Å². The fraction of sp³-hybridized carbons (Fsp3) is 0.778. The van der Waals surface area contributed by atoms with Crippen molar-refractivity contribution in [3.05, 3.63) is 0 Å². The first-order chi connectivity index (χ1) is 7.00. The average molecular weight is 216 g/mol. The summed E-state index contributed by atoms with van der Waals surface area (Å²) in [6.45, 7) is 6.11. The monoisotopic (exact) mass is 216 g/mol. The number of amidine groups is 1. The molecule has 0 aromatic heterocycles. The first-order valence-electron chi connectivity index (χ1n) is 5.04. The largest absolute Gasteiger partial charge is 0.409 e. The molecule has 2 amide bonds. The van der Waals surface area contributed by atoms with Crippen molar-refractivity contribution >= 4 is 11.9 Å². The van der Waals surface area contributed by atoms with Crippen LogP contribution >= 0.6 is 0 Å². The van der Waals surface area contributed by atoms with Gasteiger partial charge in [0.2, 0.25) is 0 Å². The highest BCUT2D eigenvalue weighted by Gasteiger charge is 2.29. The average Bonchev–Trinajstić information content (AvgIpc) is 2.24. The molecule has 1 unspecified atom stereocenters. The van der Waals surface area contributed by atoms with Crippen molar-refractivity contribution < 1.29 is 10.0 Å². The molecule has 1 atom stereocenters. The molecule has 0 heterocycles. The zero-order valence-electron chi connectivity index (χ0n) is 9.50. The molecule has 0 saturated carbocycles. The Morgan fingerprint density at radius 1 is 1.53 bits per heavy atom. The molecule has 0 aromatic carbocycles. The minimum Gasteiger partial charge on any atom is -0.409 e. The molecule has 0 fully saturated rings. The molecule has 0 rings (SSSR count). The van der Waals surface area contributed by atoms with Crippen molar-refractivity contribution in [2.45, 2.75) is 39.2 Å². The lowest BCUT2D eigenvalue weighted by molar-refractivity contribution is 0.233. The second-order valence-corrected chi connectivity index (χ2v) is 3.55. The summed E-state index contributed by atoms with van der Waals surface area (Å²) in [5, 5.41) is 16.8. The number of rotatable bonds is 5. The smallest absolute Gasteiger partial charge is 0.315 e. The number of hydrogen-bond acceptors (Lipinski definition) is 3. The standard InChI is InChI=1S/C9H20N4O2/c1-4-6-11-8(14)12-9(3,5-2)7(10)13-15/h15H,4-6H2,1-3H3,(H2,10,13)(H2,11,12,14). The molecule has 0 radical (unpaired) electrons. The van der Waals surface area contributed by atoms with Crippen LogP contribution in [-0.4, -0.2) is 29.2 Å². The molecular weight excluding hydrogens is 196 g/mol. The Hall–Kier alpha value is -1.46. The molecule has 0 aromatic rings. The summed E-state index contributed by atoms with van der Waals surface area (Å²) in [4.78, 5) is 11.4. The Morgan fingerprint density at radius 2 is 2.13 bits per heavy atom. The van der Waals surface area contributed by atoms with E-state index in [2.05, 4.69) is 15.8 Å². The summed E-state index contributed by atoms with van der Waals surface area (Å²) < 4.78 is 0. The predicted octanol–water partition coefficient (Wildman–Crippen LogP) is 0.611. The topological polar surface area (TPSA) is 99.7 Å². The van der Waals surface area contributed by atoms with E-state index in [0.717, 1.165) is 6.42 Å². The summed E-state index contributed by atoms with van der Waals surface area (Å²) in [7, 11) is 0. The van der Waals surface area contributed by atoms with Crippen molar-refractivity contribution in [3.63, 3.8) is 0 Å². The van der Waals surface area contributed by atoms with Gasteiger partial charge in [-0.3, -0.25) is 0 Å². The van der Waals surface area contributed by atoms with Crippen molar-refractivity contribution in [3.8, 4) is 0 Å². The maximum Gasteiger partial charge on any atom is 0.315 e. The van der Waals surface area contributed by atoms with E-state index >= 15 is 0 Å². The molecular formula is C9H20N4O2. The third-order valence-corrected chi connectivity index (χ3v) is 2.31. The van der Waals surface area contributed by atoms with E-state index in [4.69, 9.17) is 10.9 Å². The van der Waals surface area contributed by atoms with Crippen LogP contribution in [0, 0.1) is 0 Å². The van der Waals surface area contributed by atoms with Gasteiger partial charge in [0.05, 0.1) is 5.54 Å². The number of amides is 2. The number of nitrogens with one attached hydrogen (secondary N) is 2. The minimum absolute atomic E-state index is 0.00310. The number of nitrogens with zero attached hydrogens (tertiary/aromatic N) is 1. The number of carbonyl (C=O) groups excluding carboxylic acids is 1. The van der Waals surface area contributed by atoms with Gasteiger partial charge in [-0.25, -0.2) is 4.79 Å². The van der Waals surface area contributed by atoms with Crippen molar-refractivity contribution in [2.24, 2.45) is 10.9 Å². The number of carbonyl (C=O) groups is 1. The maximum atomic E-state index is 11.4. The summed E-state index contributed by atoms with van der Waals surface area (Å²) in [6.07, 6.45) is 1.41. The normalized spacial score (nSPS) is 15.5. The van der Waals surface area contributed by atoms with Crippen LogP contribution in [0.1, 0.15) is 33.6 Å². The molecule has 0 aliphatic heterocycles. The van der Waals surface area contributed by atoms with Gasteiger partial charge in [-0.2, -0.15) is 0 Å². The third-order valence-electron chi connectivity index (χ3n) is 2.31. The van der Waals surface area contributed by atoms with Gasteiger partial charge in [0.25, 0.3) is 0 Å². The number of nitrogens with two attached hydrogens (primary N) is 1. The molecule has 88 valence electrons. The van der Waals surface area contributed by atoms with Crippen LogP contribution in [0.25, 0.3) is 0 Å². The van der Waals surface area contributed by atoms with Crippen LogP contribution < -0.4 is 16.4 Å². The fourth-order valence-electron chi connectivity index (χ4n) is 0.977. The molecule has 6 heteroatoms. The SMILES string of the molecule is CCCNC(=O)NC(C)(CC)/C(N)=N/O. The van der Waals surface area contributed by atoms with E-state index in [1.165, 1.54) is 0 Å². The van der Waals surface area contributed by atoms with E-state index in [0.29, 0.717) is 13.0 Å². The minimum atomic E-state index is -0.813. The molecule has 6 nitrogen and oxygen atoms in total. The Balaban J connectivity index is 4.38. The third kappa shape index (κ3) is 4.05. The molecule has 0 spiro atoms. The summed E-state index contributed by atoms with van der Waals surface area (Å²) in [5.41, 5.74) is 4.68. The lowest BCUT2D eigenvalue weighted by Gasteiger charge is -2.27. The zero-order chi connectivity index (χ0) is 11.9. The van der Waals surface area contributed by atoms with Crippen molar-refractivity contribution in [1.29, 1.82) is 0 Å². The molecule has 15 heavy (non-hydrogen) atoms. The first kappa shape index (κ1) is 13.5. The van der Waals surface area contributed by atoms with E-state index in [1.54, 1.807) is 6.92 Å². The second kappa shape index (κ2) is 6.10. The van der Waals surface area contributed by atoms with E-state index < -0.39 is 5.54 Å². The fourth-order valence-corrected chi connectivity index (χ4v) is 0.977. The van der Waals surface area contributed by atoms with Gasteiger partial charge < -0.3 is 21.6 Å². The number of oxime groups is 1. The Bertz CT molecular complexity index is 242. The lowest BCUT2D eigenvalue weighted by Crippen LogP contribution is -2.57. The summed E-state index contributed by atoms with van der Waals surface area (Å²) in [5.74, 6) is -0.00310. The van der Waals surface area contributed by atoms with Crippen LogP contribution in [0.15, 0.2) is 5.16 Å². The lowest BCUT2D eigenvalue weighted by atomic mass is 9.98. The molecule has 0 aliphatic rings. The molecule has 0 aliphatic carbocycles. The van der Waals surface area contributed by atoms with Gasteiger partial charge in [0.15, 0.2) is 5.84 Å².